The van der Waals surface area contributed by atoms with Gasteiger partial charge in [-0.15, -0.1) is 0 Å². The van der Waals surface area contributed by atoms with E-state index >= 15 is 0 Å². The highest BCUT2D eigenvalue weighted by molar-refractivity contribution is 6.27. The van der Waals surface area contributed by atoms with Crippen molar-refractivity contribution < 1.29 is 0 Å². The molecule has 0 atom stereocenters. The number of hydrogen-bond acceptors (Lipinski definition) is 1. The van der Waals surface area contributed by atoms with Gasteiger partial charge in [-0.1, -0.05) is 193 Å². The molecule has 0 saturated carbocycles. The maximum Gasteiger partial charge on any atom is 0.0541 e. The maximum atomic E-state index is 2.50. The van der Waals surface area contributed by atoms with Gasteiger partial charge in [0.1, 0.15) is 0 Å². The van der Waals surface area contributed by atoms with Gasteiger partial charge in [-0.2, -0.15) is 0 Å². The Kier molecular flexibility index (Phi) is 8.67. The van der Waals surface area contributed by atoms with Gasteiger partial charge in [0.25, 0.3) is 0 Å². The molecule has 11 rings (SSSR count). The third kappa shape index (κ3) is 6.16. The first-order chi connectivity index (χ1) is 30.0. The van der Waals surface area contributed by atoms with Crippen molar-refractivity contribution in [1.82, 2.24) is 4.57 Å². The molecule has 0 radical (unpaired) electrons. The molecule has 0 bridgehead atoms. The van der Waals surface area contributed by atoms with Gasteiger partial charge in [0.05, 0.1) is 28.1 Å². The van der Waals surface area contributed by atoms with Gasteiger partial charge in [-0.25, -0.2) is 0 Å². The summed E-state index contributed by atoms with van der Waals surface area (Å²) in [7, 11) is 0. The Balaban J connectivity index is 1.18. The van der Waals surface area contributed by atoms with E-state index in [1.54, 1.807) is 0 Å². The minimum atomic E-state index is -0.0118. The van der Waals surface area contributed by atoms with Gasteiger partial charge >= 0.3 is 0 Å². The second-order valence-corrected chi connectivity index (χ2v) is 19.0. The van der Waals surface area contributed by atoms with Crippen molar-refractivity contribution in [2.24, 2.45) is 0 Å². The van der Waals surface area contributed by atoms with E-state index in [1.807, 2.05) is 0 Å². The summed E-state index contributed by atoms with van der Waals surface area (Å²) in [6.07, 6.45) is 0. The quantitative estimate of drug-likeness (QED) is 0.152. The third-order valence-electron chi connectivity index (χ3n) is 13.0. The van der Waals surface area contributed by atoms with Crippen molar-refractivity contribution in [3.8, 4) is 27.9 Å². The highest BCUT2D eigenvalue weighted by Gasteiger charge is 2.25. The van der Waals surface area contributed by atoms with Crippen LogP contribution in [0, 0.1) is 0 Å². The molecule has 1 aromatic heterocycles. The first kappa shape index (κ1) is 37.8. The lowest BCUT2D eigenvalue weighted by Gasteiger charge is -2.31. The van der Waals surface area contributed by atoms with Crippen LogP contribution in [0.25, 0.3) is 82.1 Å². The lowest BCUT2D eigenvalue weighted by atomic mass is 9.78. The van der Waals surface area contributed by atoms with E-state index < -0.39 is 0 Å². The summed E-state index contributed by atoms with van der Waals surface area (Å²) in [5.74, 6) is 0. The number of para-hydroxylation sites is 3. The molecule has 0 spiro atoms. The Morgan fingerprint density at radius 1 is 0.371 bits per heavy atom. The van der Waals surface area contributed by atoms with Crippen LogP contribution in [0.1, 0.15) is 52.7 Å². The van der Waals surface area contributed by atoms with Gasteiger partial charge in [0.2, 0.25) is 0 Å². The van der Waals surface area contributed by atoms with E-state index in [0.717, 1.165) is 17.1 Å². The molecule has 0 amide bonds. The molecule has 0 aliphatic carbocycles. The number of anilines is 3. The van der Waals surface area contributed by atoms with Crippen LogP contribution in [0.4, 0.5) is 17.1 Å². The Morgan fingerprint density at radius 3 is 1.53 bits per heavy atom. The molecule has 1 heterocycles. The summed E-state index contributed by atoms with van der Waals surface area (Å²) >= 11 is 0. The van der Waals surface area contributed by atoms with Gasteiger partial charge in [0, 0.05) is 32.8 Å². The fourth-order valence-corrected chi connectivity index (χ4v) is 9.75. The van der Waals surface area contributed by atoms with Crippen molar-refractivity contribution in [2.75, 3.05) is 4.90 Å². The average molecular weight is 799 g/mol. The van der Waals surface area contributed by atoms with Crippen LogP contribution in [0.5, 0.6) is 0 Å². The second kappa shape index (κ2) is 14.2. The van der Waals surface area contributed by atoms with Crippen molar-refractivity contribution in [3.63, 3.8) is 0 Å². The summed E-state index contributed by atoms with van der Waals surface area (Å²) < 4.78 is 2.46. The monoisotopic (exact) mass is 798 g/mol. The summed E-state index contributed by atoms with van der Waals surface area (Å²) in [5.41, 5.74) is 14.5. The number of aromatic nitrogens is 1. The number of nitrogens with zero attached hydrogens (tertiary/aromatic N) is 2. The molecule has 2 nitrogen and oxygen atoms in total. The number of rotatable bonds is 6. The maximum absolute atomic E-state index is 2.50. The first-order valence-electron chi connectivity index (χ1n) is 21.9. The van der Waals surface area contributed by atoms with Crippen molar-refractivity contribution in [1.29, 1.82) is 0 Å². The molecule has 0 N–H and O–H groups in total. The van der Waals surface area contributed by atoms with Gasteiger partial charge < -0.3 is 9.47 Å². The molecule has 0 unspecified atom stereocenters. The predicted octanol–water partition coefficient (Wildman–Crippen LogP) is 17.1. The fraction of sp³-hybridized carbons (Fsp3) is 0.133. The summed E-state index contributed by atoms with van der Waals surface area (Å²) in [6.45, 7) is 13.9. The van der Waals surface area contributed by atoms with Crippen LogP contribution in [0.3, 0.4) is 0 Å². The highest BCUT2D eigenvalue weighted by Crippen LogP contribution is 2.48. The smallest absolute Gasteiger partial charge is 0.0541 e. The molecule has 0 aliphatic rings. The molecular weight excluding hydrogens is 749 g/mol. The molecule has 2 heteroatoms. The van der Waals surface area contributed by atoms with E-state index in [9.17, 15) is 0 Å². The van der Waals surface area contributed by atoms with E-state index in [2.05, 4.69) is 245 Å². The molecule has 0 saturated heterocycles. The van der Waals surface area contributed by atoms with Crippen LogP contribution < -0.4 is 4.90 Å². The molecular formula is C60H50N2. The van der Waals surface area contributed by atoms with Crippen LogP contribution in [0.15, 0.2) is 194 Å². The second-order valence-electron chi connectivity index (χ2n) is 19.0. The van der Waals surface area contributed by atoms with Crippen molar-refractivity contribution in [3.05, 3.63) is 205 Å². The first-order valence-corrected chi connectivity index (χ1v) is 21.9. The summed E-state index contributed by atoms with van der Waals surface area (Å²) in [6, 6.07) is 72.3. The number of hydrogen-bond donors (Lipinski definition) is 0. The zero-order chi connectivity index (χ0) is 42.3. The Labute approximate surface area is 364 Å². The van der Waals surface area contributed by atoms with E-state index in [1.165, 1.54) is 93.2 Å². The van der Waals surface area contributed by atoms with Crippen LogP contribution in [-0.4, -0.2) is 4.57 Å². The molecule has 62 heavy (non-hydrogen) atoms. The Morgan fingerprint density at radius 2 is 0.887 bits per heavy atom. The SMILES string of the molecule is CC(C)(C)c1cc(-c2ccccc2N(c2ccc(-c3ccccc3)cc2)c2ccc3ccc4c(-n5c6ccccc6c6ccccc65)ccc5ccc2c3c54)cc(C(C)(C)C)c1. The number of fused-ring (bicyclic) bond motifs is 3. The Hall–Kier alpha value is -7.16. The third-order valence-corrected chi connectivity index (χ3v) is 13.0. The zero-order valence-electron chi connectivity index (χ0n) is 36.4. The van der Waals surface area contributed by atoms with Crippen LogP contribution in [-0.2, 0) is 10.8 Å². The van der Waals surface area contributed by atoms with Crippen molar-refractivity contribution in [2.45, 2.75) is 52.4 Å². The summed E-state index contributed by atoms with van der Waals surface area (Å²) in [4.78, 5) is 2.50. The van der Waals surface area contributed by atoms with E-state index in [-0.39, 0.29) is 10.8 Å². The fourth-order valence-electron chi connectivity index (χ4n) is 9.75. The largest absolute Gasteiger partial charge is 0.309 e. The lowest BCUT2D eigenvalue weighted by Crippen LogP contribution is -2.17. The zero-order valence-corrected chi connectivity index (χ0v) is 36.4. The molecule has 0 aliphatic heterocycles. The average Bonchev–Trinajstić information content (AvgIpc) is 3.63. The van der Waals surface area contributed by atoms with Crippen molar-refractivity contribution >= 4 is 71.2 Å². The standard InChI is InChI=1S/C60H50N2/c1-59(2,3)44-36-43(37-45(38-44)60(4,5)6)47-18-10-13-21-52(47)61(46-30-24-40(25-31-46)39-16-8-7-9-17-39)55-34-28-41-27-33-51-56(35-29-42-26-32-50(55)57(41)58(42)51)62-53-22-14-11-19-48(53)49-20-12-15-23-54(49)62/h7-38H,1-6H3. The van der Waals surface area contributed by atoms with Gasteiger partial charge in [-0.05, 0) is 103 Å². The molecule has 0 fully saturated rings. The van der Waals surface area contributed by atoms with Gasteiger partial charge in [-0.3, -0.25) is 0 Å². The topological polar surface area (TPSA) is 8.17 Å². The van der Waals surface area contributed by atoms with Gasteiger partial charge in [0.15, 0.2) is 0 Å². The normalized spacial score (nSPS) is 12.4. The van der Waals surface area contributed by atoms with Crippen LogP contribution in [0.2, 0.25) is 0 Å². The van der Waals surface area contributed by atoms with E-state index in [4.69, 9.17) is 0 Å². The Bertz CT molecular complexity index is 3380. The summed E-state index contributed by atoms with van der Waals surface area (Å²) in [5, 5.41) is 10.1. The minimum absolute atomic E-state index is 0.0118. The molecule has 11 aromatic rings. The minimum Gasteiger partial charge on any atom is -0.309 e. The van der Waals surface area contributed by atoms with E-state index in [0.29, 0.717) is 0 Å². The molecule has 300 valence electrons. The number of benzene rings is 10. The highest BCUT2D eigenvalue weighted by atomic mass is 15.1. The lowest BCUT2D eigenvalue weighted by molar-refractivity contribution is 0.569. The van der Waals surface area contributed by atoms with Crippen LogP contribution >= 0.6 is 0 Å². The predicted molar refractivity (Wildman–Crippen MR) is 267 cm³/mol. The molecule has 10 aromatic carbocycles.